The van der Waals surface area contributed by atoms with Crippen molar-refractivity contribution in [3.05, 3.63) is 0 Å². The zero-order valence-electron chi connectivity index (χ0n) is 12.3. The van der Waals surface area contributed by atoms with Crippen LogP contribution in [0.4, 0.5) is 0 Å². The molecule has 0 rings (SSSR count). The summed E-state index contributed by atoms with van der Waals surface area (Å²) in [6, 6.07) is -0.621. The van der Waals surface area contributed by atoms with Crippen LogP contribution in [0.2, 0.25) is 0 Å². The lowest BCUT2D eigenvalue weighted by Crippen LogP contribution is -2.48. The Kier molecular flexibility index (Phi) is 8.34. The molecule has 2 N–H and O–H groups in total. The fourth-order valence-electron chi connectivity index (χ4n) is 1.94. The van der Waals surface area contributed by atoms with E-state index in [1.54, 1.807) is 4.90 Å². The number of likely N-dealkylation sites (N-methyl/N-ethyl adjacent to an activating group) is 1. The average Bonchev–Trinajstić information content (AvgIpc) is 2.30. The van der Waals surface area contributed by atoms with Gasteiger partial charge in [0.1, 0.15) is 6.04 Å². The van der Waals surface area contributed by atoms with Gasteiger partial charge in [-0.2, -0.15) is 0 Å². The number of carboxylic acid groups (broad SMARTS) is 2. The van der Waals surface area contributed by atoms with E-state index < -0.39 is 18.0 Å². The zero-order chi connectivity index (χ0) is 15.0. The van der Waals surface area contributed by atoms with Gasteiger partial charge in [0.2, 0.25) is 0 Å². The van der Waals surface area contributed by atoms with Gasteiger partial charge in [0.05, 0.1) is 6.42 Å². The van der Waals surface area contributed by atoms with Crippen molar-refractivity contribution in [1.29, 1.82) is 0 Å². The van der Waals surface area contributed by atoms with E-state index in [2.05, 4.69) is 0 Å². The fourth-order valence-corrected chi connectivity index (χ4v) is 1.94. The summed E-state index contributed by atoms with van der Waals surface area (Å²) in [6.45, 7) is 5.37. The lowest BCUT2D eigenvalue weighted by Gasteiger charge is -2.32. The van der Waals surface area contributed by atoms with Crippen molar-refractivity contribution in [3.8, 4) is 0 Å². The number of nitrogens with zero attached hydrogens (tertiary/aromatic N) is 2. The van der Waals surface area contributed by atoms with E-state index in [4.69, 9.17) is 5.11 Å². The summed E-state index contributed by atoms with van der Waals surface area (Å²) >= 11 is 0. The Labute approximate surface area is 115 Å². The molecule has 0 amide bonds. The highest BCUT2D eigenvalue weighted by Gasteiger charge is 2.30. The van der Waals surface area contributed by atoms with Crippen LogP contribution < -0.4 is 0 Å². The minimum Gasteiger partial charge on any atom is -0.481 e. The van der Waals surface area contributed by atoms with Gasteiger partial charge in [-0.15, -0.1) is 0 Å². The molecule has 112 valence electrons. The summed E-state index contributed by atoms with van der Waals surface area (Å²) in [7, 11) is 3.82. The number of carboxylic acids is 2. The van der Waals surface area contributed by atoms with Crippen molar-refractivity contribution >= 4 is 11.9 Å². The maximum absolute atomic E-state index is 11.4. The van der Waals surface area contributed by atoms with Gasteiger partial charge in [-0.1, -0.05) is 20.3 Å². The molecule has 0 aromatic rings. The van der Waals surface area contributed by atoms with E-state index in [0.29, 0.717) is 13.1 Å². The van der Waals surface area contributed by atoms with Crippen molar-refractivity contribution in [2.75, 3.05) is 33.7 Å². The highest BCUT2D eigenvalue weighted by atomic mass is 16.4. The molecular weight excluding hydrogens is 248 g/mol. The molecule has 6 heteroatoms. The van der Waals surface area contributed by atoms with Crippen LogP contribution in [-0.2, 0) is 9.59 Å². The maximum atomic E-state index is 11.4. The van der Waals surface area contributed by atoms with Crippen LogP contribution in [0.25, 0.3) is 0 Å². The summed E-state index contributed by atoms with van der Waals surface area (Å²) in [5.41, 5.74) is 0. The smallest absolute Gasteiger partial charge is 0.321 e. The Morgan fingerprint density at radius 1 is 1.11 bits per heavy atom. The predicted molar refractivity (Wildman–Crippen MR) is 73.3 cm³/mol. The fraction of sp³-hybridized carbons (Fsp3) is 0.846. The quantitative estimate of drug-likeness (QED) is 0.614. The Morgan fingerprint density at radius 3 is 2.05 bits per heavy atom. The van der Waals surface area contributed by atoms with Crippen molar-refractivity contribution in [2.24, 2.45) is 5.92 Å². The van der Waals surface area contributed by atoms with Gasteiger partial charge in [0.15, 0.2) is 0 Å². The minimum absolute atomic E-state index is 0.00606. The SMILES string of the molecule is CCC(C)C(C(=O)O)N(CCC(=O)O)CCN(C)C. The molecule has 0 aliphatic rings. The van der Waals surface area contributed by atoms with Crippen LogP contribution in [0.1, 0.15) is 26.7 Å². The third-order valence-corrected chi connectivity index (χ3v) is 3.28. The van der Waals surface area contributed by atoms with Crippen LogP contribution in [0.3, 0.4) is 0 Å². The molecule has 0 bridgehead atoms. The van der Waals surface area contributed by atoms with Gasteiger partial charge in [0, 0.05) is 19.6 Å². The van der Waals surface area contributed by atoms with Crippen LogP contribution in [0.15, 0.2) is 0 Å². The first-order valence-electron chi connectivity index (χ1n) is 6.63. The molecule has 6 nitrogen and oxygen atoms in total. The third kappa shape index (κ3) is 7.12. The molecular formula is C13H26N2O4. The average molecular weight is 274 g/mol. The standard InChI is InChI=1S/C13H26N2O4/c1-5-10(2)12(13(18)19)15(7-6-11(16)17)9-8-14(3)4/h10,12H,5-9H2,1-4H3,(H,16,17)(H,18,19). The molecule has 0 saturated carbocycles. The highest BCUT2D eigenvalue weighted by Crippen LogP contribution is 2.15. The first-order chi connectivity index (χ1) is 8.79. The lowest BCUT2D eigenvalue weighted by atomic mass is 9.97. The number of carbonyl (C=O) groups is 2. The van der Waals surface area contributed by atoms with E-state index in [1.807, 2.05) is 32.8 Å². The van der Waals surface area contributed by atoms with Crippen molar-refractivity contribution in [1.82, 2.24) is 9.80 Å². The Balaban J connectivity index is 4.81. The molecule has 0 radical (unpaired) electrons. The van der Waals surface area contributed by atoms with Gasteiger partial charge in [0.25, 0.3) is 0 Å². The first kappa shape index (κ1) is 17.9. The minimum atomic E-state index is -0.900. The zero-order valence-corrected chi connectivity index (χ0v) is 12.3. The molecule has 0 fully saturated rings. The summed E-state index contributed by atoms with van der Waals surface area (Å²) in [6.07, 6.45) is 0.718. The first-order valence-corrected chi connectivity index (χ1v) is 6.63. The summed E-state index contributed by atoms with van der Waals surface area (Å²) in [4.78, 5) is 25.8. The van der Waals surface area contributed by atoms with E-state index in [1.165, 1.54) is 0 Å². The molecule has 0 aliphatic carbocycles. The van der Waals surface area contributed by atoms with Crippen LogP contribution in [0, 0.1) is 5.92 Å². The Bertz CT molecular complexity index is 294. The number of hydrogen-bond donors (Lipinski definition) is 2. The van der Waals surface area contributed by atoms with Crippen LogP contribution in [0.5, 0.6) is 0 Å². The normalized spacial score (nSPS) is 14.6. The molecule has 19 heavy (non-hydrogen) atoms. The van der Waals surface area contributed by atoms with E-state index in [0.717, 1.165) is 6.42 Å². The lowest BCUT2D eigenvalue weighted by molar-refractivity contribution is -0.147. The topological polar surface area (TPSA) is 81.1 Å². The van der Waals surface area contributed by atoms with Crippen LogP contribution >= 0.6 is 0 Å². The summed E-state index contributed by atoms with van der Waals surface area (Å²) in [5, 5.41) is 18.1. The second kappa shape index (κ2) is 8.87. The second-order valence-corrected chi connectivity index (χ2v) is 5.15. The molecule has 2 unspecified atom stereocenters. The van der Waals surface area contributed by atoms with Crippen molar-refractivity contribution in [2.45, 2.75) is 32.7 Å². The van der Waals surface area contributed by atoms with E-state index in [-0.39, 0.29) is 18.9 Å². The van der Waals surface area contributed by atoms with Gasteiger partial charge in [-0.3, -0.25) is 14.5 Å². The molecule has 0 saturated heterocycles. The molecule has 0 aromatic heterocycles. The maximum Gasteiger partial charge on any atom is 0.321 e. The predicted octanol–water partition coefficient (Wildman–Crippen LogP) is 0.824. The Morgan fingerprint density at radius 2 is 1.68 bits per heavy atom. The molecule has 2 atom stereocenters. The molecule has 0 spiro atoms. The second-order valence-electron chi connectivity index (χ2n) is 5.15. The monoisotopic (exact) mass is 274 g/mol. The van der Waals surface area contributed by atoms with Gasteiger partial charge in [-0.25, -0.2) is 0 Å². The van der Waals surface area contributed by atoms with Crippen molar-refractivity contribution in [3.63, 3.8) is 0 Å². The number of hydrogen-bond acceptors (Lipinski definition) is 4. The van der Waals surface area contributed by atoms with Gasteiger partial charge < -0.3 is 15.1 Å². The number of rotatable bonds is 10. The summed E-state index contributed by atoms with van der Waals surface area (Å²) in [5.74, 6) is -1.78. The van der Waals surface area contributed by atoms with E-state index >= 15 is 0 Å². The highest BCUT2D eigenvalue weighted by molar-refractivity contribution is 5.74. The van der Waals surface area contributed by atoms with Gasteiger partial charge in [-0.05, 0) is 20.0 Å². The summed E-state index contributed by atoms with van der Waals surface area (Å²) < 4.78 is 0. The largest absolute Gasteiger partial charge is 0.481 e. The van der Waals surface area contributed by atoms with E-state index in [9.17, 15) is 14.7 Å². The molecule has 0 aromatic carbocycles. The molecule has 0 heterocycles. The van der Waals surface area contributed by atoms with Gasteiger partial charge >= 0.3 is 11.9 Å². The number of aliphatic carboxylic acids is 2. The Hall–Kier alpha value is -1.14. The van der Waals surface area contributed by atoms with Crippen LogP contribution in [-0.4, -0.2) is 71.7 Å². The third-order valence-electron chi connectivity index (χ3n) is 3.28. The van der Waals surface area contributed by atoms with Crippen molar-refractivity contribution < 1.29 is 19.8 Å². The molecule has 0 aliphatic heterocycles.